The van der Waals surface area contributed by atoms with Gasteiger partial charge in [-0.1, -0.05) is 41.0 Å². The van der Waals surface area contributed by atoms with Crippen molar-refractivity contribution in [1.82, 2.24) is 0 Å². The highest BCUT2D eigenvalue weighted by Crippen LogP contribution is 2.27. The van der Waals surface area contributed by atoms with Crippen LogP contribution in [0.4, 0.5) is 0 Å². The number of hydrogen-bond donors (Lipinski definition) is 0. The summed E-state index contributed by atoms with van der Waals surface area (Å²) in [7, 11) is 0. The predicted octanol–water partition coefficient (Wildman–Crippen LogP) is 3.67. The van der Waals surface area contributed by atoms with Crippen molar-refractivity contribution < 1.29 is 4.79 Å². The number of hydrogen-bond acceptors (Lipinski definition) is 1. The van der Waals surface area contributed by atoms with Gasteiger partial charge in [0.05, 0.1) is 0 Å². The number of carbonyl (C=O) groups is 1. The quantitative estimate of drug-likeness (QED) is 0.576. The zero-order chi connectivity index (χ0) is 10.5. The molecular formula is C12H24O. The van der Waals surface area contributed by atoms with E-state index in [0.717, 1.165) is 24.5 Å². The summed E-state index contributed by atoms with van der Waals surface area (Å²) >= 11 is 0. The molecule has 0 N–H and O–H groups in total. The molecule has 1 heteroatoms. The summed E-state index contributed by atoms with van der Waals surface area (Å²) in [6.07, 6.45) is 4.51. The molecular weight excluding hydrogens is 160 g/mol. The van der Waals surface area contributed by atoms with Gasteiger partial charge in [0.15, 0.2) is 0 Å². The van der Waals surface area contributed by atoms with Gasteiger partial charge < -0.3 is 4.79 Å². The second kappa shape index (κ2) is 5.41. The lowest BCUT2D eigenvalue weighted by Crippen LogP contribution is -2.17. The van der Waals surface area contributed by atoms with Crippen molar-refractivity contribution in [3.63, 3.8) is 0 Å². The fourth-order valence-corrected chi connectivity index (χ4v) is 1.63. The van der Waals surface area contributed by atoms with Crippen molar-refractivity contribution in [2.45, 2.75) is 53.9 Å². The molecule has 0 saturated carbocycles. The third-order valence-electron chi connectivity index (χ3n) is 2.95. The molecule has 1 atom stereocenters. The maximum atomic E-state index is 10.7. The summed E-state index contributed by atoms with van der Waals surface area (Å²) < 4.78 is 0. The minimum Gasteiger partial charge on any atom is -0.303 e. The minimum absolute atomic E-state index is 0.123. The predicted molar refractivity (Wildman–Crippen MR) is 57.7 cm³/mol. The van der Waals surface area contributed by atoms with E-state index < -0.39 is 0 Å². The van der Waals surface area contributed by atoms with E-state index in [1.807, 2.05) is 13.8 Å². The van der Waals surface area contributed by atoms with Crippen molar-refractivity contribution in [3.8, 4) is 0 Å². The molecule has 0 fully saturated rings. The normalized spacial score (nSPS) is 14.6. The maximum absolute atomic E-state index is 10.7. The van der Waals surface area contributed by atoms with Gasteiger partial charge in [0, 0.05) is 5.41 Å². The number of aldehydes is 1. The van der Waals surface area contributed by atoms with Gasteiger partial charge in [0.2, 0.25) is 0 Å². The second-order valence-corrected chi connectivity index (χ2v) is 5.06. The van der Waals surface area contributed by atoms with Gasteiger partial charge in [-0.25, -0.2) is 0 Å². The summed E-state index contributed by atoms with van der Waals surface area (Å²) in [4.78, 5) is 10.7. The Hall–Kier alpha value is -0.330. The average molecular weight is 184 g/mol. The van der Waals surface area contributed by atoms with Crippen LogP contribution in [0, 0.1) is 17.3 Å². The van der Waals surface area contributed by atoms with Crippen molar-refractivity contribution in [3.05, 3.63) is 0 Å². The molecule has 1 unspecified atom stereocenters. The summed E-state index contributed by atoms with van der Waals surface area (Å²) in [5.74, 6) is 1.52. The van der Waals surface area contributed by atoms with E-state index in [4.69, 9.17) is 0 Å². The highest BCUT2D eigenvalue weighted by molar-refractivity contribution is 5.57. The highest BCUT2D eigenvalue weighted by atomic mass is 16.1. The first-order chi connectivity index (χ1) is 5.93. The number of rotatable bonds is 6. The first-order valence-electron chi connectivity index (χ1n) is 5.39. The van der Waals surface area contributed by atoms with Crippen molar-refractivity contribution in [2.75, 3.05) is 0 Å². The van der Waals surface area contributed by atoms with E-state index in [0.29, 0.717) is 0 Å². The molecule has 0 aliphatic heterocycles. The van der Waals surface area contributed by atoms with E-state index in [1.165, 1.54) is 12.8 Å². The molecule has 0 aliphatic carbocycles. The molecule has 0 amide bonds. The van der Waals surface area contributed by atoms with Crippen LogP contribution in [0.5, 0.6) is 0 Å². The molecule has 78 valence electrons. The highest BCUT2D eigenvalue weighted by Gasteiger charge is 2.19. The van der Waals surface area contributed by atoms with Crippen LogP contribution >= 0.6 is 0 Å². The van der Waals surface area contributed by atoms with Gasteiger partial charge in [0.1, 0.15) is 6.29 Å². The fraction of sp³-hybridized carbons (Fsp3) is 0.917. The Labute approximate surface area is 82.9 Å². The molecule has 0 spiro atoms. The van der Waals surface area contributed by atoms with Crippen LogP contribution in [0.25, 0.3) is 0 Å². The van der Waals surface area contributed by atoms with E-state index in [1.54, 1.807) is 0 Å². The van der Waals surface area contributed by atoms with Gasteiger partial charge in [-0.3, -0.25) is 0 Å². The molecule has 0 radical (unpaired) electrons. The van der Waals surface area contributed by atoms with Crippen LogP contribution < -0.4 is 0 Å². The van der Waals surface area contributed by atoms with Crippen LogP contribution in [-0.4, -0.2) is 6.29 Å². The van der Waals surface area contributed by atoms with E-state index in [9.17, 15) is 4.79 Å². The molecule has 0 bridgehead atoms. The van der Waals surface area contributed by atoms with Gasteiger partial charge in [-0.05, 0) is 24.7 Å². The van der Waals surface area contributed by atoms with Gasteiger partial charge in [0.25, 0.3) is 0 Å². The van der Waals surface area contributed by atoms with Gasteiger partial charge in [-0.2, -0.15) is 0 Å². The van der Waals surface area contributed by atoms with Crippen LogP contribution in [0.3, 0.4) is 0 Å². The SMILES string of the molecule is CCC(CCC(C)(C)C=O)C(C)C. The van der Waals surface area contributed by atoms with Crippen molar-refractivity contribution in [1.29, 1.82) is 0 Å². The van der Waals surface area contributed by atoms with Gasteiger partial charge >= 0.3 is 0 Å². The Balaban J connectivity index is 3.91. The topological polar surface area (TPSA) is 17.1 Å². The molecule has 0 aromatic carbocycles. The summed E-state index contributed by atoms with van der Waals surface area (Å²) in [6.45, 7) is 10.8. The Morgan fingerprint density at radius 1 is 1.31 bits per heavy atom. The standard InChI is InChI=1S/C12H24O/c1-6-11(10(2)3)7-8-12(4,5)9-13/h9-11H,6-8H2,1-5H3. The Morgan fingerprint density at radius 2 is 1.85 bits per heavy atom. The van der Waals surface area contributed by atoms with Crippen LogP contribution in [0.2, 0.25) is 0 Å². The first kappa shape index (κ1) is 12.7. The average Bonchev–Trinajstić information content (AvgIpc) is 2.05. The van der Waals surface area contributed by atoms with Crippen LogP contribution in [0.15, 0.2) is 0 Å². The lowest BCUT2D eigenvalue weighted by atomic mass is 9.81. The first-order valence-corrected chi connectivity index (χ1v) is 5.39. The third kappa shape index (κ3) is 5.07. The molecule has 0 aromatic heterocycles. The molecule has 0 aliphatic rings. The Bertz CT molecular complexity index is 147. The van der Waals surface area contributed by atoms with E-state index in [-0.39, 0.29) is 5.41 Å². The molecule has 0 rings (SSSR count). The number of carbonyl (C=O) groups excluding carboxylic acids is 1. The largest absolute Gasteiger partial charge is 0.303 e. The molecule has 0 aromatic rings. The molecule has 0 heterocycles. The van der Waals surface area contributed by atoms with Crippen molar-refractivity contribution >= 4 is 6.29 Å². The van der Waals surface area contributed by atoms with E-state index in [2.05, 4.69) is 20.8 Å². The summed E-state index contributed by atoms with van der Waals surface area (Å²) in [5.41, 5.74) is -0.123. The monoisotopic (exact) mass is 184 g/mol. The zero-order valence-electron chi connectivity index (χ0n) is 9.76. The molecule has 13 heavy (non-hydrogen) atoms. The van der Waals surface area contributed by atoms with Crippen LogP contribution in [0.1, 0.15) is 53.9 Å². The fourth-order valence-electron chi connectivity index (χ4n) is 1.63. The smallest absolute Gasteiger partial charge is 0.125 e. The molecule has 1 nitrogen and oxygen atoms in total. The van der Waals surface area contributed by atoms with Gasteiger partial charge in [-0.15, -0.1) is 0 Å². The summed E-state index contributed by atoms with van der Waals surface area (Å²) in [5, 5.41) is 0. The lowest BCUT2D eigenvalue weighted by molar-refractivity contribution is -0.115. The lowest BCUT2D eigenvalue weighted by Gasteiger charge is -2.23. The van der Waals surface area contributed by atoms with Crippen LogP contribution in [-0.2, 0) is 4.79 Å². The summed E-state index contributed by atoms with van der Waals surface area (Å²) in [6, 6.07) is 0. The molecule has 0 saturated heterocycles. The minimum atomic E-state index is -0.123. The Morgan fingerprint density at radius 3 is 2.15 bits per heavy atom. The van der Waals surface area contributed by atoms with Crippen molar-refractivity contribution in [2.24, 2.45) is 17.3 Å². The zero-order valence-corrected chi connectivity index (χ0v) is 9.76. The van der Waals surface area contributed by atoms with E-state index >= 15 is 0 Å². The second-order valence-electron chi connectivity index (χ2n) is 5.06. The third-order valence-corrected chi connectivity index (χ3v) is 2.95. The Kier molecular flexibility index (Phi) is 5.27. The maximum Gasteiger partial charge on any atom is 0.125 e.